The normalized spacial score (nSPS) is 11.5. The maximum atomic E-state index is 12.5. The van der Waals surface area contributed by atoms with Gasteiger partial charge in [-0.05, 0) is 39.3 Å². The number of para-hydroxylation sites is 2. The summed E-state index contributed by atoms with van der Waals surface area (Å²) < 4.78 is 6.79. The van der Waals surface area contributed by atoms with Crippen LogP contribution < -0.4 is 10.9 Å². The van der Waals surface area contributed by atoms with Gasteiger partial charge in [0.2, 0.25) is 5.82 Å². The van der Waals surface area contributed by atoms with Crippen molar-refractivity contribution in [3.8, 4) is 0 Å². The molecule has 0 radical (unpaired) electrons. The molecule has 0 aliphatic rings. The lowest BCUT2D eigenvalue weighted by molar-refractivity contribution is 0.0635. The Morgan fingerprint density at radius 3 is 2.64 bits per heavy atom. The van der Waals surface area contributed by atoms with Crippen LogP contribution in [0.4, 0.5) is 10.6 Å². The van der Waals surface area contributed by atoms with Crippen LogP contribution in [0, 0.1) is 0 Å². The summed E-state index contributed by atoms with van der Waals surface area (Å²) in [5, 5.41) is 2.45. The molecule has 6 heteroatoms. The van der Waals surface area contributed by atoms with Crippen molar-refractivity contribution in [2.75, 3.05) is 5.32 Å². The summed E-state index contributed by atoms with van der Waals surface area (Å²) in [7, 11) is 0. The molecule has 1 N–H and O–H groups in total. The first-order valence-corrected chi connectivity index (χ1v) is 7.31. The van der Waals surface area contributed by atoms with Gasteiger partial charge in [-0.1, -0.05) is 19.1 Å². The molecule has 2 rings (SSSR count). The molecule has 118 valence electrons. The molecule has 0 bridgehead atoms. The van der Waals surface area contributed by atoms with Gasteiger partial charge in [-0.25, -0.2) is 9.78 Å². The van der Waals surface area contributed by atoms with E-state index in [-0.39, 0.29) is 11.4 Å². The van der Waals surface area contributed by atoms with E-state index in [1.807, 2.05) is 25.1 Å². The first-order chi connectivity index (χ1) is 10.3. The fourth-order valence-electron chi connectivity index (χ4n) is 2.12. The molecule has 0 saturated carbocycles. The van der Waals surface area contributed by atoms with Crippen LogP contribution in [0.2, 0.25) is 0 Å². The maximum absolute atomic E-state index is 12.5. The fourth-order valence-corrected chi connectivity index (χ4v) is 2.12. The second-order valence-electron chi connectivity index (χ2n) is 6.03. The summed E-state index contributed by atoms with van der Waals surface area (Å²) >= 11 is 0. The Bertz CT molecular complexity index is 744. The van der Waals surface area contributed by atoms with Crippen molar-refractivity contribution in [2.24, 2.45) is 0 Å². The Morgan fingerprint density at radius 2 is 2.00 bits per heavy atom. The number of hydrogen-bond acceptors (Lipinski definition) is 4. The van der Waals surface area contributed by atoms with Crippen LogP contribution in [0.1, 0.15) is 34.1 Å². The number of nitrogens with one attached hydrogen (secondary N) is 1. The van der Waals surface area contributed by atoms with Gasteiger partial charge in [0.1, 0.15) is 5.60 Å². The third kappa shape index (κ3) is 3.63. The minimum Gasteiger partial charge on any atom is -0.444 e. The van der Waals surface area contributed by atoms with E-state index in [1.165, 1.54) is 0 Å². The minimum atomic E-state index is -0.685. The largest absolute Gasteiger partial charge is 0.444 e. The highest BCUT2D eigenvalue weighted by Gasteiger charge is 2.19. The highest BCUT2D eigenvalue weighted by molar-refractivity contribution is 5.85. The van der Waals surface area contributed by atoms with Gasteiger partial charge in [0.15, 0.2) is 0 Å². The van der Waals surface area contributed by atoms with E-state index in [0.717, 1.165) is 11.9 Å². The number of carbonyl (C=O) groups excluding carboxylic acids is 1. The Hall–Kier alpha value is -2.37. The van der Waals surface area contributed by atoms with Crippen molar-refractivity contribution in [3.63, 3.8) is 0 Å². The van der Waals surface area contributed by atoms with Crippen molar-refractivity contribution in [2.45, 2.75) is 46.3 Å². The number of carbonyl (C=O) groups is 1. The number of nitrogens with zero attached hydrogens (tertiary/aromatic N) is 2. The molecule has 2 aromatic rings. The lowest BCUT2D eigenvalue weighted by atomic mass is 10.2. The molecule has 0 fully saturated rings. The van der Waals surface area contributed by atoms with Crippen LogP contribution in [0.3, 0.4) is 0 Å². The van der Waals surface area contributed by atoms with E-state index >= 15 is 0 Å². The zero-order chi connectivity index (χ0) is 16.3. The van der Waals surface area contributed by atoms with Crippen LogP contribution in [-0.4, -0.2) is 21.2 Å². The molecule has 22 heavy (non-hydrogen) atoms. The lowest BCUT2D eigenvalue weighted by Gasteiger charge is -2.19. The van der Waals surface area contributed by atoms with Gasteiger partial charge in [-0.2, -0.15) is 0 Å². The zero-order valence-corrected chi connectivity index (χ0v) is 13.3. The smallest absolute Gasteiger partial charge is 0.413 e. The Morgan fingerprint density at radius 1 is 1.32 bits per heavy atom. The molecular formula is C16H21N3O3. The quantitative estimate of drug-likeness (QED) is 0.945. The molecule has 0 spiro atoms. The molecular weight excluding hydrogens is 282 g/mol. The predicted molar refractivity (Wildman–Crippen MR) is 86.2 cm³/mol. The Kier molecular flexibility index (Phi) is 4.49. The molecule has 6 nitrogen and oxygen atoms in total. The average Bonchev–Trinajstić information content (AvgIpc) is 2.41. The van der Waals surface area contributed by atoms with E-state index in [1.54, 1.807) is 31.4 Å². The number of aryl methyl sites for hydroxylation is 1. The van der Waals surface area contributed by atoms with Gasteiger partial charge in [-0.15, -0.1) is 0 Å². The van der Waals surface area contributed by atoms with Crippen molar-refractivity contribution >= 4 is 22.9 Å². The van der Waals surface area contributed by atoms with Crippen LogP contribution >= 0.6 is 0 Å². The molecule has 0 unspecified atom stereocenters. The van der Waals surface area contributed by atoms with Crippen LogP contribution in [-0.2, 0) is 11.3 Å². The SMILES string of the molecule is CCCn1c(=O)c(NC(=O)OC(C)(C)C)nc2ccccc21. The second kappa shape index (κ2) is 6.17. The first kappa shape index (κ1) is 16.0. The van der Waals surface area contributed by atoms with Crippen molar-refractivity contribution in [1.29, 1.82) is 0 Å². The number of rotatable bonds is 3. The molecule has 0 aliphatic carbocycles. The highest BCUT2D eigenvalue weighted by atomic mass is 16.6. The third-order valence-electron chi connectivity index (χ3n) is 2.92. The van der Waals surface area contributed by atoms with Gasteiger partial charge in [0, 0.05) is 6.54 Å². The number of benzene rings is 1. The average molecular weight is 303 g/mol. The topological polar surface area (TPSA) is 73.2 Å². The lowest BCUT2D eigenvalue weighted by Crippen LogP contribution is -2.32. The molecule has 1 amide bonds. The number of fused-ring (bicyclic) bond motifs is 1. The number of amides is 1. The standard InChI is InChI=1S/C16H21N3O3/c1-5-10-19-12-9-7-6-8-11(12)17-13(14(19)20)18-15(21)22-16(2,3)4/h6-9H,5,10H2,1-4H3,(H,17,18,21). The number of aromatic nitrogens is 2. The summed E-state index contributed by atoms with van der Waals surface area (Å²) in [6.45, 7) is 7.83. The first-order valence-electron chi connectivity index (χ1n) is 7.31. The zero-order valence-electron chi connectivity index (χ0n) is 13.3. The number of ether oxygens (including phenoxy) is 1. The van der Waals surface area contributed by atoms with E-state index in [9.17, 15) is 9.59 Å². The third-order valence-corrected chi connectivity index (χ3v) is 2.92. The highest BCUT2D eigenvalue weighted by Crippen LogP contribution is 2.13. The molecule has 0 aliphatic heterocycles. The van der Waals surface area contributed by atoms with Crippen molar-refractivity contribution in [1.82, 2.24) is 9.55 Å². The monoisotopic (exact) mass is 303 g/mol. The molecule has 1 aromatic heterocycles. The molecule has 1 heterocycles. The number of hydrogen-bond donors (Lipinski definition) is 1. The number of anilines is 1. The second-order valence-corrected chi connectivity index (χ2v) is 6.03. The van der Waals surface area contributed by atoms with Gasteiger partial charge >= 0.3 is 6.09 Å². The van der Waals surface area contributed by atoms with Crippen LogP contribution in [0.15, 0.2) is 29.1 Å². The molecule has 0 atom stereocenters. The fraction of sp³-hybridized carbons (Fsp3) is 0.438. The maximum Gasteiger partial charge on any atom is 0.413 e. The van der Waals surface area contributed by atoms with Gasteiger partial charge < -0.3 is 9.30 Å². The Balaban J connectivity index is 2.44. The summed E-state index contributed by atoms with van der Waals surface area (Å²) in [6, 6.07) is 7.35. The van der Waals surface area contributed by atoms with E-state index in [2.05, 4.69) is 10.3 Å². The Labute approximate surface area is 129 Å². The van der Waals surface area contributed by atoms with Crippen LogP contribution in [0.25, 0.3) is 11.0 Å². The van der Waals surface area contributed by atoms with Gasteiger partial charge in [0.05, 0.1) is 11.0 Å². The molecule has 0 saturated heterocycles. The van der Waals surface area contributed by atoms with Crippen LogP contribution in [0.5, 0.6) is 0 Å². The molecule has 1 aromatic carbocycles. The van der Waals surface area contributed by atoms with E-state index in [0.29, 0.717) is 12.1 Å². The van der Waals surface area contributed by atoms with E-state index in [4.69, 9.17) is 4.74 Å². The van der Waals surface area contributed by atoms with Gasteiger partial charge in [-0.3, -0.25) is 10.1 Å². The summed E-state index contributed by atoms with van der Waals surface area (Å²) in [6.07, 6.45) is 0.121. The summed E-state index contributed by atoms with van der Waals surface area (Å²) in [5.41, 5.74) is 0.445. The predicted octanol–water partition coefficient (Wildman–Crippen LogP) is 3.15. The van der Waals surface area contributed by atoms with E-state index < -0.39 is 11.7 Å². The summed E-state index contributed by atoms with van der Waals surface area (Å²) in [5.74, 6) is -0.0126. The van der Waals surface area contributed by atoms with Gasteiger partial charge in [0.25, 0.3) is 5.56 Å². The summed E-state index contributed by atoms with van der Waals surface area (Å²) in [4.78, 5) is 28.6. The van der Waals surface area contributed by atoms with Crippen molar-refractivity contribution < 1.29 is 9.53 Å². The minimum absolute atomic E-state index is 0.0126. The van der Waals surface area contributed by atoms with Crippen molar-refractivity contribution in [3.05, 3.63) is 34.6 Å².